The molecule has 2 heteroatoms. The molecule has 1 aromatic carbocycles. The third kappa shape index (κ3) is 11.1. The van der Waals surface area contributed by atoms with Gasteiger partial charge in [-0.15, -0.1) is 0 Å². The first kappa shape index (κ1) is 28.7. The summed E-state index contributed by atoms with van der Waals surface area (Å²) in [7, 11) is 0. The largest absolute Gasteiger partial charge is 0.494 e. The summed E-state index contributed by atoms with van der Waals surface area (Å²) in [6.45, 7) is 5.39. The Labute approximate surface area is 222 Å². The molecule has 0 bridgehead atoms. The van der Waals surface area contributed by atoms with E-state index in [2.05, 4.69) is 56.4 Å². The Bertz CT molecular complexity index is 789. The molecule has 2 aromatic rings. The van der Waals surface area contributed by atoms with Gasteiger partial charge < -0.3 is 4.74 Å². The summed E-state index contributed by atoms with van der Waals surface area (Å²) >= 11 is 0. The zero-order valence-corrected chi connectivity index (χ0v) is 23.5. The van der Waals surface area contributed by atoms with E-state index in [1.807, 2.05) is 0 Å². The van der Waals surface area contributed by atoms with Crippen LogP contribution < -0.4 is 4.74 Å². The van der Waals surface area contributed by atoms with Crippen molar-refractivity contribution < 1.29 is 4.74 Å². The minimum Gasteiger partial charge on any atom is -0.494 e. The average Bonchev–Trinajstić information content (AvgIpc) is 2.93. The maximum Gasteiger partial charge on any atom is 0.119 e. The zero-order chi connectivity index (χ0) is 25.3. The van der Waals surface area contributed by atoms with Gasteiger partial charge in [-0.1, -0.05) is 116 Å². The second kappa shape index (κ2) is 17.6. The van der Waals surface area contributed by atoms with Crippen LogP contribution in [0.3, 0.4) is 0 Å². The molecule has 0 aliphatic heterocycles. The van der Waals surface area contributed by atoms with Gasteiger partial charge in [0.05, 0.1) is 12.3 Å². The van der Waals surface area contributed by atoms with Crippen LogP contribution in [-0.4, -0.2) is 11.6 Å². The second-order valence-corrected chi connectivity index (χ2v) is 11.3. The predicted octanol–water partition coefficient (Wildman–Crippen LogP) is 10.6. The van der Waals surface area contributed by atoms with Crippen LogP contribution in [0, 0.1) is 11.8 Å². The lowest BCUT2D eigenvalue weighted by atomic mass is 9.78. The van der Waals surface area contributed by atoms with Gasteiger partial charge in [0, 0.05) is 11.8 Å². The third-order valence-corrected chi connectivity index (χ3v) is 8.26. The quantitative estimate of drug-likeness (QED) is 0.193. The lowest BCUT2D eigenvalue weighted by Crippen LogP contribution is -2.15. The van der Waals surface area contributed by atoms with Gasteiger partial charge >= 0.3 is 0 Å². The van der Waals surface area contributed by atoms with Crippen molar-refractivity contribution in [2.45, 2.75) is 129 Å². The van der Waals surface area contributed by atoms with Crippen molar-refractivity contribution in [2.75, 3.05) is 6.61 Å². The monoisotopic (exact) mass is 491 g/mol. The molecule has 1 heterocycles. The molecule has 1 fully saturated rings. The van der Waals surface area contributed by atoms with E-state index < -0.39 is 0 Å². The van der Waals surface area contributed by atoms with Crippen molar-refractivity contribution in [3.63, 3.8) is 0 Å². The topological polar surface area (TPSA) is 22.1 Å². The molecule has 0 radical (unpaired) electrons. The lowest BCUT2D eigenvalue weighted by molar-refractivity contribution is 0.248. The Balaban J connectivity index is 1.31. The molecule has 1 aliphatic carbocycles. The lowest BCUT2D eigenvalue weighted by Gasteiger charge is -2.28. The normalized spacial score (nSPS) is 17.8. The highest BCUT2D eigenvalue weighted by Crippen LogP contribution is 2.34. The molecule has 1 saturated carbocycles. The van der Waals surface area contributed by atoms with E-state index in [1.54, 1.807) is 0 Å². The van der Waals surface area contributed by atoms with Gasteiger partial charge in [0.15, 0.2) is 0 Å². The van der Waals surface area contributed by atoms with Gasteiger partial charge in [0.2, 0.25) is 0 Å². The summed E-state index contributed by atoms with van der Waals surface area (Å²) in [5.41, 5.74) is 3.61. The molecule has 0 amide bonds. The van der Waals surface area contributed by atoms with Gasteiger partial charge in [-0.3, -0.25) is 4.98 Å². The maximum absolute atomic E-state index is 5.93. The minimum absolute atomic E-state index is 0.819. The number of nitrogens with zero attached hydrogens (tertiary/aromatic N) is 1. The molecule has 2 nitrogen and oxygen atoms in total. The first-order valence-electron chi connectivity index (χ1n) is 15.5. The summed E-state index contributed by atoms with van der Waals surface area (Å²) < 4.78 is 5.93. The molecule has 0 N–H and O–H groups in total. The van der Waals surface area contributed by atoms with Gasteiger partial charge in [-0.25, -0.2) is 0 Å². The van der Waals surface area contributed by atoms with Crippen molar-refractivity contribution in [1.82, 2.24) is 4.98 Å². The van der Waals surface area contributed by atoms with Crippen LogP contribution in [0.5, 0.6) is 5.75 Å². The van der Waals surface area contributed by atoms with Crippen LogP contribution >= 0.6 is 0 Å². The molecule has 3 rings (SSSR count). The summed E-state index contributed by atoms with van der Waals surface area (Å²) in [6.07, 6.45) is 26.8. The molecule has 0 unspecified atom stereocenters. The highest BCUT2D eigenvalue weighted by molar-refractivity contribution is 5.60. The number of unbranched alkanes of at least 4 members (excludes halogenated alkanes) is 9. The Morgan fingerprint density at radius 1 is 0.667 bits per heavy atom. The van der Waals surface area contributed by atoms with Crippen LogP contribution in [0.15, 0.2) is 42.6 Å². The minimum atomic E-state index is 0.819. The molecule has 0 saturated heterocycles. The Morgan fingerprint density at radius 2 is 1.28 bits per heavy atom. The van der Waals surface area contributed by atoms with Crippen LogP contribution in [-0.2, 0) is 6.42 Å². The van der Waals surface area contributed by atoms with E-state index in [1.165, 1.54) is 120 Å². The van der Waals surface area contributed by atoms with Gasteiger partial charge in [-0.05, 0) is 67.0 Å². The summed E-state index contributed by atoms with van der Waals surface area (Å²) in [6, 6.07) is 12.9. The van der Waals surface area contributed by atoms with Gasteiger partial charge in [0.1, 0.15) is 5.75 Å². The highest BCUT2D eigenvalue weighted by atomic mass is 16.5. The second-order valence-electron chi connectivity index (χ2n) is 11.3. The first-order valence-corrected chi connectivity index (χ1v) is 15.5. The van der Waals surface area contributed by atoms with Crippen molar-refractivity contribution in [3.05, 3.63) is 48.2 Å². The fourth-order valence-corrected chi connectivity index (χ4v) is 5.75. The average molecular weight is 492 g/mol. The zero-order valence-electron chi connectivity index (χ0n) is 23.5. The number of hydrogen-bond donors (Lipinski definition) is 0. The number of aromatic nitrogens is 1. The molecule has 1 aliphatic rings. The summed E-state index contributed by atoms with van der Waals surface area (Å²) in [4.78, 5) is 4.78. The Morgan fingerprint density at radius 3 is 1.92 bits per heavy atom. The van der Waals surface area contributed by atoms with Crippen molar-refractivity contribution in [2.24, 2.45) is 11.8 Å². The molecular formula is C34H53NO. The smallest absolute Gasteiger partial charge is 0.119 e. The molecule has 200 valence electrons. The number of ether oxygens (including phenoxy) is 1. The SMILES string of the molecule is CCCCCCCCOc1ccc(-c2ccc(CC[C@H]3CC[C@H](CCCCCCC)CC3)cn2)cc1. The Kier molecular flexibility index (Phi) is 14.0. The van der Waals surface area contributed by atoms with Crippen LogP contribution in [0.2, 0.25) is 0 Å². The predicted molar refractivity (Wildman–Crippen MR) is 156 cm³/mol. The van der Waals surface area contributed by atoms with Gasteiger partial charge in [-0.2, -0.15) is 0 Å². The van der Waals surface area contributed by atoms with E-state index in [9.17, 15) is 0 Å². The van der Waals surface area contributed by atoms with Crippen LogP contribution in [0.1, 0.15) is 129 Å². The third-order valence-electron chi connectivity index (χ3n) is 8.26. The summed E-state index contributed by atoms with van der Waals surface area (Å²) in [5.74, 6) is 2.90. The van der Waals surface area contributed by atoms with Crippen LogP contribution in [0.4, 0.5) is 0 Å². The van der Waals surface area contributed by atoms with E-state index in [-0.39, 0.29) is 0 Å². The highest BCUT2D eigenvalue weighted by Gasteiger charge is 2.20. The molecular weight excluding hydrogens is 438 g/mol. The van der Waals surface area contributed by atoms with E-state index >= 15 is 0 Å². The maximum atomic E-state index is 5.93. The number of rotatable bonds is 18. The van der Waals surface area contributed by atoms with Gasteiger partial charge in [0.25, 0.3) is 0 Å². The van der Waals surface area contributed by atoms with E-state index in [4.69, 9.17) is 9.72 Å². The summed E-state index contributed by atoms with van der Waals surface area (Å²) in [5, 5.41) is 0. The number of pyridine rings is 1. The molecule has 0 atom stereocenters. The first-order chi connectivity index (χ1) is 17.8. The van der Waals surface area contributed by atoms with Crippen molar-refractivity contribution in [1.29, 1.82) is 0 Å². The number of hydrogen-bond acceptors (Lipinski definition) is 2. The molecule has 0 spiro atoms. The molecule has 36 heavy (non-hydrogen) atoms. The van der Waals surface area contributed by atoms with Crippen molar-refractivity contribution in [3.8, 4) is 17.0 Å². The number of benzene rings is 1. The standard InChI is InChI=1S/C34H53NO/c1-3-5-7-9-11-13-27-36-33-24-22-32(23-25-33)34-26-21-31(28-35-34)20-19-30-17-15-29(16-18-30)14-12-10-8-6-4-2/h21-26,28-30H,3-20,27H2,1-2H3/t29-,30-. The number of aryl methyl sites for hydroxylation is 1. The van der Waals surface area contributed by atoms with Crippen LogP contribution in [0.25, 0.3) is 11.3 Å². The fourth-order valence-electron chi connectivity index (χ4n) is 5.75. The Hall–Kier alpha value is -1.83. The molecule has 1 aromatic heterocycles. The fraction of sp³-hybridized carbons (Fsp3) is 0.676. The van der Waals surface area contributed by atoms with E-state index in [0.29, 0.717) is 0 Å². The van der Waals surface area contributed by atoms with E-state index in [0.717, 1.165) is 36.3 Å². The van der Waals surface area contributed by atoms with Crippen molar-refractivity contribution >= 4 is 0 Å².